The standard InChI is InChI=1S/C31H31BrClFN4O7/c1-4-43-25-13-19(28-27(30(40)42-3)17(2)36-31(41)37-28)9-10-24(25)44-16-26(39)38-35-14-18-11-21(32)29(22(33)12-18)45-15-20-7-5-6-8-23(20)34/h5-14,26,28,38-39H,4,15-16H2,1-3H3,(H2,36,37,41)/b35-14-/t26-,28-/m0/s1. The third kappa shape index (κ3) is 8.65. The van der Waals surface area contributed by atoms with E-state index in [0.29, 0.717) is 50.7 Å². The van der Waals surface area contributed by atoms with E-state index < -0.39 is 24.3 Å². The summed E-state index contributed by atoms with van der Waals surface area (Å²) < 4.78 is 36.6. The molecule has 0 saturated carbocycles. The number of halogens is 3. The minimum Gasteiger partial charge on any atom is -0.490 e. The van der Waals surface area contributed by atoms with Gasteiger partial charge in [-0.05, 0) is 71.2 Å². The van der Waals surface area contributed by atoms with Crippen molar-refractivity contribution in [3.05, 3.63) is 97.9 Å². The second-order valence-corrected chi connectivity index (χ2v) is 10.9. The number of esters is 1. The molecule has 2 atom stereocenters. The van der Waals surface area contributed by atoms with Gasteiger partial charge < -0.3 is 34.7 Å². The Hall–Kier alpha value is -4.33. The molecule has 0 saturated heterocycles. The van der Waals surface area contributed by atoms with E-state index in [1.54, 1.807) is 62.4 Å². The summed E-state index contributed by atoms with van der Waals surface area (Å²) in [5, 5.41) is 20.1. The van der Waals surface area contributed by atoms with Crippen LogP contribution in [0.4, 0.5) is 9.18 Å². The molecule has 4 rings (SSSR count). The largest absolute Gasteiger partial charge is 0.490 e. The lowest BCUT2D eigenvalue weighted by Crippen LogP contribution is -2.45. The van der Waals surface area contributed by atoms with Crippen molar-refractivity contribution in [2.45, 2.75) is 32.7 Å². The van der Waals surface area contributed by atoms with Gasteiger partial charge in [0.2, 0.25) is 0 Å². The molecule has 0 fully saturated rings. The molecule has 11 nitrogen and oxygen atoms in total. The fraction of sp³-hybridized carbons (Fsp3) is 0.258. The highest BCUT2D eigenvalue weighted by Crippen LogP contribution is 2.36. The maximum atomic E-state index is 13.9. The monoisotopic (exact) mass is 704 g/mol. The number of carbonyl (C=O) groups excluding carboxylic acids is 2. The predicted molar refractivity (Wildman–Crippen MR) is 169 cm³/mol. The molecule has 0 radical (unpaired) electrons. The van der Waals surface area contributed by atoms with Crippen molar-refractivity contribution < 1.29 is 38.0 Å². The molecule has 0 aliphatic carbocycles. The molecule has 14 heteroatoms. The molecule has 0 unspecified atom stereocenters. The SMILES string of the molecule is CCOc1cc([C@@H]2NC(=O)NC(C)=C2C(=O)OC)ccc1OC[C@H](O)N/N=C\c1cc(Cl)c(OCc2ccccc2F)c(Br)c1. The molecule has 238 valence electrons. The summed E-state index contributed by atoms with van der Waals surface area (Å²) in [6, 6.07) is 13.3. The number of ether oxygens (including phenoxy) is 4. The summed E-state index contributed by atoms with van der Waals surface area (Å²) >= 11 is 9.80. The van der Waals surface area contributed by atoms with Crippen molar-refractivity contribution >= 4 is 45.7 Å². The number of hydrogen-bond donors (Lipinski definition) is 4. The van der Waals surface area contributed by atoms with E-state index in [9.17, 15) is 19.1 Å². The summed E-state index contributed by atoms with van der Waals surface area (Å²) in [5.41, 5.74) is 4.76. The van der Waals surface area contributed by atoms with Gasteiger partial charge in [-0.25, -0.2) is 14.0 Å². The Balaban J connectivity index is 1.37. The normalized spacial score (nSPS) is 15.3. The molecule has 1 aliphatic heterocycles. The number of amides is 2. The highest BCUT2D eigenvalue weighted by Gasteiger charge is 2.32. The number of methoxy groups -OCH3 is 1. The number of carbonyl (C=O) groups is 2. The quantitative estimate of drug-likeness (QED) is 0.0809. The second-order valence-electron chi connectivity index (χ2n) is 9.61. The Kier molecular flexibility index (Phi) is 11.6. The van der Waals surface area contributed by atoms with Gasteiger partial charge >= 0.3 is 12.0 Å². The topological polar surface area (TPSA) is 140 Å². The maximum Gasteiger partial charge on any atom is 0.337 e. The first-order chi connectivity index (χ1) is 21.6. The Labute approximate surface area is 272 Å². The number of nitrogens with one attached hydrogen (secondary N) is 3. The summed E-state index contributed by atoms with van der Waals surface area (Å²) in [5.74, 6) is 0.0634. The lowest BCUT2D eigenvalue weighted by Gasteiger charge is -2.28. The minimum atomic E-state index is -1.20. The molecule has 0 spiro atoms. The van der Waals surface area contributed by atoms with E-state index in [1.165, 1.54) is 19.4 Å². The average Bonchev–Trinajstić information content (AvgIpc) is 3.00. The van der Waals surface area contributed by atoms with E-state index in [1.807, 2.05) is 0 Å². The number of aliphatic hydroxyl groups is 1. The molecule has 3 aromatic rings. The number of urea groups is 1. The van der Waals surface area contributed by atoms with Crippen molar-refractivity contribution in [2.24, 2.45) is 5.10 Å². The van der Waals surface area contributed by atoms with Gasteiger partial charge in [0, 0.05) is 11.3 Å². The zero-order valence-corrected chi connectivity index (χ0v) is 26.9. The first-order valence-electron chi connectivity index (χ1n) is 13.7. The van der Waals surface area contributed by atoms with Gasteiger partial charge in [-0.3, -0.25) is 5.43 Å². The minimum absolute atomic E-state index is 0.000211. The van der Waals surface area contributed by atoms with Crippen molar-refractivity contribution in [3.8, 4) is 17.2 Å². The van der Waals surface area contributed by atoms with Crippen molar-refractivity contribution in [1.82, 2.24) is 16.1 Å². The Morgan fingerprint density at radius 3 is 2.67 bits per heavy atom. The zero-order chi connectivity index (χ0) is 32.5. The molecule has 0 aromatic heterocycles. The highest BCUT2D eigenvalue weighted by atomic mass is 79.9. The average molecular weight is 706 g/mol. The number of aliphatic hydroxyl groups excluding tert-OH is 1. The molecule has 0 bridgehead atoms. The number of nitrogens with zero attached hydrogens (tertiary/aromatic N) is 1. The number of hydrogen-bond acceptors (Lipinski definition) is 9. The lowest BCUT2D eigenvalue weighted by molar-refractivity contribution is -0.136. The molecule has 2 amide bonds. The predicted octanol–water partition coefficient (Wildman–Crippen LogP) is 5.34. The lowest BCUT2D eigenvalue weighted by atomic mass is 9.95. The van der Waals surface area contributed by atoms with Crippen LogP contribution < -0.4 is 30.3 Å². The Morgan fingerprint density at radius 2 is 1.96 bits per heavy atom. The van der Waals surface area contributed by atoms with Crippen LogP contribution in [0.3, 0.4) is 0 Å². The highest BCUT2D eigenvalue weighted by molar-refractivity contribution is 9.10. The van der Waals surface area contributed by atoms with Crippen LogP contribution in [0.5, 0.6) is 17.2 Å². The summed E-state index contributed by atoms with van der Waals surface area (Å²) in [7, 11) is 1.26. The van der Waals surface area contributed by atoms with Crippen LogP contribution in [0.2, 0.25) is 5.02 Å². The first-order valence-corrected chi connectivity index (χ1v) is 14.9. The molecular weight excluding hydrogens is 675 g/mol. The third-order valence-electron chi connectivity index (χ3n) is 6.46. The molecule has 3 aromatic carbocycles. The molecule has 1 heterocycles. The van der Waals surface area contributed by atoms with Crippen LogP contribution in [-0.4, -0.2) is 49.9 Å². The van der Waals surface area contributed by atoms with Crippen LogP contribution >= 0.6 is 27.5 Å². The Morgan fingerprint density at radius 1 is 1.18 bits per heavy atom. The van der Waals surface area contributed by atoms with Gasteiger partial charge in [-0.2, -0.15) is 5.10 Å². The Bertz CT molecular complexity index is 1600. The summed E-state index contributed by atoms with van der Waals surface area (Å²) in [6.07, 6.45) is 0.251. The fourth-order valence-electron chi connectivity index (χ4n) is 4.38. The van der Waals surface area contributed by atoms with Gasteiger partial charge in [0.25, 0.3) is 0 Å². The van der Waals surface area contributed by atoms with Crippen LogP contribution in [0.1, 0.15) is 36.6 Å². The van der Waals surface area contributed by atoms with Crippen LogP contribution in [0, 0.1) is 5.82 Å². The van der Waals surface area contributed by atoms with E-state index >= 15 is 0 Å². The maximum absolute atomic E-state index is 13.9. The third-order valence-corrected chi connectivity index (χ3v) is 7.33. The molecular formula is C31H31BrClFN4O7. The summed E-state index contributed by atoms with van der Waals surface area (Å²) in [6.45, 7) is 3.53. The van der Waals surface area contributed by atoms with Gasteiger partial charge in [-0.15, -0.1) is 0 Å². The van der Waals surface area contributed by atoms with E-state index in [-0.39, 0.29) is 29.6 Å². The molecule has 1 aliphatic rings. The van der Waals surface area contributed by atoms with Crippen molar-refractivity contribution in [2.75, 3.05) is 20.3 Å². The van der Waals surface area contributed by atoms with Crippen LogP contribution in [-0.2, 0) is 16.1 Å². The van der Waals surface area contributed by atoms with Crippen molar-refractivity contribution in [3.63, 3.8) is 0 Å². The number of allylic oxidation sites excluding steroid dienone is 1. The van der Waals surface area contributed by atoms with Gasteiger partial charge in [0.1, 0.15) is 19.0 Å². The zero-order valence-electron chi connectivity index (χ0n) is 24.5. The van der Waals surface area contributed by atoms with E-state index in [0.717, 1.165) is 0 Å². The van der Waals surface area contributed by atoms with Crippen LogP contribution in [0.25, 0.3) is 0 Å². The second kappa shape index (κ2) is 15.6. The number of hydrazone groups is 1. The van der Waals surface area contributed by atoms with E-state index in [2.05, 4.69) is 37.1 Å². The van der Waals surface area contributed by atoms with Crippen molar-refractivity contribution in [1.29, 1.82) is 0 Å². The van der Waals surface area contributed by atoms with Gasteiger partial charge in [0.05, 0.1) is 41.0 Å². The number of rotatable bonds is 13. The first kappa shape index (κ1) is 33.6. The molecule has 4 N–H and O–H groups in total. The van der Waals surface area contributed by atoms with Gasteiger partial charge in [-0.1, -0.05) is 35.9 Å². The van der Waals surface area contributed by atoms with E-state index in [4.69, 9.17) is 30.5 Å². The molecule has 45 heavy (non-hydrogen) atoms. The van der Waals surface area contributed by atoms with Crippen LogP contribution in [0.15, 0.2) is 75.4 Å². The van der Waals surface area contributed by atoms with Gasteiger partial charge in [0.15, 0.2) is 23.5 Å². The fourth-order valence-corrected chi connectivity index (χ4v) is 5.37. The number of benzene rings is 3. The smallest absolute Gasteiger partial charge is 0.337 e. The summed E-state index contributed by atoms with van der Waals surface area (Å²) in [4.78, 5) is 24.6.